The van der Waals surface area contributed by atoms with Gasteiger partial charge in [0.2, 0.25) is 0 Å². The summed E-state index contributed by atoms with van der Waals surface area (Å²) in [6.45, 7) is -1.13. The molecule has 0 heterocycles. The molecule has 0 aromatic heterocycles. The second kappa shape index (κ2) is 19.9. The molecule has 0 bridgehead atoms. The normalized spacial score (nSPS) is 19.9. The minimum atomic E-state index is -1.86. The lowest BCUT2D eigenvalue weighted by atomic mass is 10.1. The number of aldehydes is 2. The van der Waals surface area contributed by atoms with Gasteiger partial charge in [0.1, 0.15) is 61.5 Å². The lowest BCUT2D eigenvalue weighted by Crippen LogP contribution is -2.44. The molecule has 0 aromatic carbocycles. The van der Waals surface area contributed by atoms with Crippen molar-refractivity contribution in [3.63, 3.8) is 0 Å². The van der Waals surface area contributed by atoms with Crippen LogP contribution >= 0.6 is 0 Å². The molecule has 0 saturated carbocycles. The number of Topliss-reactive ketones (excluding diaryl/α,β-unsaturated/α-hetero) is 1. The molecule has 0 spiro atoms. The summed E-state index contributed by atoms with van der Waals surface area (Å²) in [6, 6.07) is 0. The average Bonchev–Trinajstić information content (AvgIpc) is 2.84. The van der Waals surface area contributed by atoms with Crippen LogP contribution in [0.5, 0.6) is 0 Å². The van der Waals surface area contributed by atoms with Gasteiger partial charge < -0.3 is 76.0 Å². The number of rotatable bonds is 13. The van der Waals surface area contributed by atoms with E-state index in [9.17, 15) is 14.4 Å². The van der Waals surface area contributed by atoms with Gasteiger partial charge in [0.25, 0.3) is 0 Å². The van der Waals surface area contributed by atoms with Crippen molar-refractivity contribution < 1.29 is 80.8 Å². The van der Waals surface area contributed by atoms with Gasteiger partial charge in [-0.25, -0.2) is 0 Å². The van der Waals surface area contributed by atoms with Gasteiger partial charge in [0, 0.05) is 0 Å². The molecule has 16 heteroatoms. The first-order valence-corrected chi connectivity index (χ1v) is 9.24. The number of aliphatic hydroxyl groups excluding tert-OH is 13. The molecule has 198 valence electrons. The first-order chi connectivity index (χ1) is 15.2. The highest BCUT2D eigenvalue weighted by Crippen LogP contribution is 2.02. The second-order valence-corrected chi connectivity index (χ2v) is 6.53. The predicted molar refractivity (Wildman–Crippen MR) is 104 cm³/mol. The Bertz CT molecular complexity index is 517. The van der Waals surface area contributed by atoms with Gasteiger partial charge in [0.05, 0.1) is 19.3 Å². The summed E-state index contributed by atoms with van der Waals surface area (Å²) >= 11 is 0. The zero-order valence-electron chi connectivity index (χ0n) is 17.6. The number of carbonyl (C=O) groups is 3. The Hall–Kier alpha value is -1.51. The molecule has 0 unspecified atom stereocenters. The zero-order chi connectivity index (χ0) is 26.9. The van der Waals surface area contributed by atoms with E-state index >= 15 is 0 Å². The van der Waals surface area contributed by atoms with E-state index in [2.05, 4.69) is 0 Å². The highest BCUT2D eigenvalue weighted by atomic mass is 16.4. The molecule has 16 nitrogen and oxygen atoms in total. The molecule has 0 aromatic rings. The lowest BCUT2D eigenvalue weighted by molar-refractivity contribution is -0.142. The third-order valence-corrected chi connectivity index (χ3v) is 3.79. The maximum Gasteiger partial charge on any atom is 0.189 e. The van der Waals surface area contributed by atoms with Gasteiger partial charge in [-0.2, -0.15) is 0 Å². The summed E-state index contributed by atoms with van der Waals surface area (Å²) in [5.41, 5.74) is 0. The zero-order valence-corrected chi connectivity index (χ0v) is 17.6. The molecular formula is C17H34O16. The monoisotopic (exact) mass is 494 g/mol. The van der Waals surface area contributed by atoms with Crippen LogP contribution < -0.4 is 0 Å². The molecule has 0 amide bonds. The second-order valence-electron chi connectivity index (χ2n) is 6.53. The molecular weight excluding hydrogens is 460 g/mol. The summed E-state index contributed by atoms with van der Waals surface area (Å²) in [5, 5.41) is 112. The maximum absolute atomic E-state index is 10.5. The molecule has 13 N–H and O–H groups in total. The highest BCUT2D eigenvalue weighted by Gasteiger charge is 2.29. The van der Waals surface area contributed by atoms with Crippen molar-refractivity contribution in [3.8, 4) is 0 Å². The molecule has 0 radical (unpaired) electrons. The molecule has 0 fully saturated rings. The minimum absolute atomic E-state index is 0.0869. The SMILES string of the molecule is C[C@H](O)[C@H](O)[C@@H](O)[C@@H](O)C=O.O=C(CO)[C@@H](O)[C@H](O)[C@@H](O)CO.O=C[C@H](O)[C@@H](O)[C@H](O)CO. The van der Waals surface area contributed by atoms with Crippen LogP contribution in [0, 0.1) is 0 Å². The molecule has 10 atom stereocenters. The van der Waals surface area contributed by atoms with Crippen LogP contribution in [0.25, 0.3) is 0 Å². The van der Waals surface area contributed by atoms with Gasteiger partial charge in [-0.1, -0.05) is 0 Å². The summed E-state index contributed by atoms with van der Waals surface area (Å²) < 4.78 is 0. The van der Waals surface area contributed by atoms with E-state index in [1.165, 1.54) is 6.92 Å². The Morgan fingerprint density at radius 2 is 1.00 bits per heavy atom. The Labute approximate surface area is 187 Å². The summed E-state index contributed by atoms with van der Waals surface area (Å²) in [7, 11) is 0. The van der Waals surface area contributed by atoms with Crippen LogP contribution in [0.1, 0.15) is 6.92 Å². The van der Waals surface area contributed by atoms with Crippen molar-refractivity contribution in [1.29, 1.82) is 0 Å². The maximum atomic E-state index is 10.5. The van der Waals surface area contributed by atoms with Crippen molar-refractivity contribution in [2.45, 2.75) is 68.0 Å². The van der Waals surface area contributed by atoms with Crippen LogP contribution in [-0.4, -0.2) is 166 Å². The largest absolute Gasteiger partial charge is 0.394 e. The number of hydrogen-bond acceptors (Lipinski definition) is 16. The Morgan fingerprint density at radius 3 is 1.30 bits per heavy atom. The Balaban J connectivity index is -0.000000411. The molecule has 0 saturated heterocycles. The standard InChI is InChI=1S/C6H12O6.C6H12O5.C5H10O5/c7-1-3(9)5(11)6(12)4(10)2-8;1-3(8)5(10)6(11)4(9)2-7;6-1-3(8)5(10)4(9)2-7/h3,5-9,11-12H,1-2H2;2-6,8-11H,1H3;1,3-5,7-10H,2H2/t3-,5+,6+;3-,4-,5-,6-;3-,4+,5+/m000/s1. The number of hydrogen-bond donors (Lipinski definition) is 13. The number of aliphatic hydroxyl groups is 13. The summed E-state index contributed by atoms with van der Waals surface area (Å²) in [6.07, 6.45) is -15.7. The molecule has 33 heavy (non-hydrogen) atoms. The van der Waals surface area contributed by atoms with Gasteiger partial charge >= 0.3 is 0 Å². The fourth-order valence-electron chi connectivity index (χ4n) is 1.59. The van der Waals surface area contributed by atoms with E-state index in [0.717, 1.165) is 0 Å². The van der Waals surface area contributed by atoms with Crippen molar-refractivity contribution in [2.75, 3.05) is 19.8 Å². The highest BCUT2D eigenvalue weighted by molar-refractivity contribution is 5.84. The van der Waals surface area contributed by atoms with Gasteiger partial charge in [-0.05, 0) is 6.92 Å². The predicted octanol–water partition coefficient (Wildman–Crippen LogP) is -8.47. The van der Waals surface area contributed by atoms with Crippen molar-refractivity contribution in [2.24, 2.45) is 0 Å². The molecule has 0 aliphatic carbocycles. The van der Waals surface area contributed by atoms with Gasteiger partial charge in [0.15, 0.2) is 18.4 Å². The first kappa shape index (κ1) is 36.1. The van der Waals surface area contributed by atoms with Crippen molar-refractivity contribution in [3.05, 3.63) is 0 Å². The van der Waals surface area contributed by atoms with E-state index in [1.807, 2.05) is 0 Å². The van der Waals surface area contributed by atoms with Crippen LogP contribution in [-0.2, 0) is 14.4 Å². The molecule has 0 aliphatic rings. The minimum Gasteiger partial charge on any atom is -0.394 e. The topological polar surface area (TPSA) is 314 Å². The van der Waals surface area contributed by atoms with Crippen molar-refractivity contribution in [1.82, 2.24) is 0 Å². The average molecular weight is 494 g/mol. The summed E-state index contributed by atoms with van der Waals surface area (Å²) in [5.74, 6) is -1.00. The number of carbonyl (C=O) groups excluding carboxylic acids is 3. The Kier molecular flexibility index (Phi) is 21.8. The van der Waals surface area contributed by atoms with Crippen LogP contribution in [0.2, 0.25) is 0 Å². The van der Waals surface area contributed by atoms with E-state index in [-0.39, 0.29) is 12.6 Å². The molecule has 0 rings (SSSR count). The van der Waals surface area contributed by atoms with E-state index < -0.39 is 86.6 Å². The van der Waals surface area contributed by atoms with Gasteiger partial charge in [-0.15, -0.1) is 0 Å². The fourth-order valence-corrected chi connectivity index (χ4v) is 1.59. The third-order valence-electron chi connectivity index (χ3n) is 3.79. The fraction of sp³-hybridized carbons (Fsp3) is 0.824. The van der Waals surface area contributed by atoms with Gasteiger partial charge in [-0.3, -0.25) is 4.79 Å². The third kappa shape index (κ3) is 15.1. The quantitative estimate of drug-likeness (QED) is 0.106. The van der Waals surface area contributed by atoms with Crippen LogP contribution in [0.4, 0.5) is 0 Å². The van der Waals surface area contributed by atoms with E-state index in [1.54, 1.807) is 0 Å². The van der Waals surface area contributed by atoms with E-state index in [4.69, 9.17) is 66.4 Å². The number of ketones is 1. The lowest BCUT2D eigenvalue weighted by Gasteiger charge is -2.21. The molecule has 0 aliphatic heterocycles. The Morgan fingerprint density at radius 1 is 0.636 bits per heavy atom. The van der Waals surface area contributed by atoms with E-state index in [0.29, 0.717) is 0 Å². The van der Waals surface area contributed by atoms with Crippen LogP contribution in [0.15, 0.2) is 0 Å². The summed E-state index contributed by atoms with van der Waals surface area (Å²) in [4.78, 5) is 30.2. The smallest absolute Gasteiger partial charge is 0.189 e. The van der Waals surface area contributed by atoms with Crippen LogP contribution in [0.3, 0.4) is 0 Å². The van der Waals surface area contributed by atoms with Crippen molar-refractivity contribution >= 4 is 18.4 Å². The first-order valence-electron chi connectivity index (χ1n) is 9.24.